The van der Waals surface area contributed by atoms with Crippen molar-refractivity contribution >= 4 is 11.8 Å². The summed E-state index contributed by atoms with van der Waals surface area (Å²) in [6.45, 7) is 2.46. The van der Waals surface area contributed by atoms with Gasteiger partial charge in [0.1, 0.15) is 5.82 Å². The van der Waals surface area contributed by atoms with Crippen molar-refractivity contribution in [3.05, 3.63) is 12.3 Å². The van der Waals surface area contributed by atoms with Crippen molar-refractivity contribution in [3.63, 3.8) is 0 Å². The predicted octanol–water partition coefficient (Wildman–Crippen LogP) is 0.725. The molecule has 5 nitrogen and oxygen atoms in total. The number of anilines is 2. The second kappa shape index (κ2) is 5.50. The Bertz CT molecular complexity index is 303. The predicted molar refractivity (Wildman–Crippen MR) is 61.1 cm³/mol. The van der Waals surface area contributed by atoms with E-state index in [4.69, 9.17) is 0 Å². The third-order valence-corrected chi connectivity index (χ3v) is 2.03. The van der Waals surface area contributed by atoms with Crippen molar-refractivity contribution in [2.45, 2.75) is 19.4 Å². The molecule has 0 saturated carbocycles. The molecular weight excluding hydrogens is 192 g/mol. The lowest BCUT2D eigenvalue weighted by Gasteiger charge is -2.13. The van der Waals surface area contributed by atoms with Gasteiger partial charge in [0, 0.05) is 26.8 Å². The van der Waals surface area contributed by atoms with Crippen LogP contribution in [0.1, 0.15) is 13.3 Å². The van der Waals surface area contributed by atoms with Crippen molar-refractivity contribution in [2.75, 3.05) is 30.9 Å². The van der Waals surface area contributed by atoms with Crippen LogP contribution in [0.4, 0.5) is 11.8 Å². The van der Waals surface area contributed by atoms with Gasteiger partial charge < -0.3 is 15.3 Å². The van der Waals surface area contributed by atoms with Crippen molar-refractivity contribution in [1.29, 1.82) is 0 Å². The quantitative estimate of drug-likeness (QED) is 0.750. The molecular formula is C10H18N4O. The average Bonchev–Trinajstić information content (AvgIpc) is 2.26. The highest BCUT2D eigenvalue weighted by Gasteiger charge is 2.03. The summed E-state index contributed by atoms with van der Waals surface area (Å²) >= 11 is 0. The summed E-state index contributed by atoms with van der Waals surface area (Å²) in [5, 5.41) is 12.4. The molecule has 0 spiro atoms. The molecule has 1 heterocycles. The van der Waals surface area contributed by atoms with Crippen LogP contribution in [-0.2, 0) is 0 Å². The number of hydrogen-bond donors (Lipinski definition) is 2. The average molecular weight is 210 g/mol. The van der Waals surface area contributed by atoms with Crippen LogP contribution in [0.25, 0.3) is 0 Å². The first kappa shape index (κ1) is 11.7. The van der Waals surface area contributed by atoms with E-state index in [1.54, 1.807) is 12.3 Å². The fourth-order valence-electron chi connectivity index (χ4n) is 1.03. The summed E-state index contributed by atoms with van der Waals surface area (Å²) in [4.78, 5) is 10.2. The molecule has 0 bridgehead atoms. The minimum atomic E-state index is -0.331. The summed E-state index contributed by atoms with van der Waals surface area (Å²) in [6.07, 6.45) is 2.10. The van der Waals surface area contributed by atoms with Gasteiger partial charge in [0.05, 0.1) is 6.10 Å². The maximum absolute atomic E-state index is 9.38. The normalized spacial score (nSPS) is 12.3. The standard InChI is InChI=1S/C10H18N4O/c1-4-8(15)7-12-9-5-6-11-10(13-9)14(2)3/h5-6,8,15H,4,7H2,1-3H3,(H,11,12,13). The minimum absolute atomic E-state index is 0.331. The molecule has 1 aromatic heterocycles. The second-order valence-electron chi connectivity index (χ2n) is 3.58. The Labute approximate surface area is 90.2 Å². The lowest BCUT2D eigenvalue weighted by Crippen LogP contribution is -2.20. The first-order chi connectivity index (χ1) is 7.13. The fraction of sp³-hybridized carbons (Fsp3) is 0.600. The zero-order valence-corrected chi connectivity index (χ0v) is 9.44. The smallest absolute Gasteiger partial charge is 0.226 e. The molecule has 0 fully saturated rings. The molecule has 0 radical (unpaired) electrons. The van der Waals surface area contributed by atoms with E-state index in [2.05, 4.69) is 15.3 Å². The SMILES string of the molecule is CCC(O)CNc1ccnc(N(C)C)n1. The van der Waals surface area contributed by atoms with Gasteiger partial charge in [0.2, 0.25) is 5.95 Å². The number of aliphatic hydroxyl groups excluding tert-OH is 1. The first-order valence-electron chi connectivity index (χ1n) is 5.05. The fourth-order valence-corrected chi connectivity index (χ4v) is 1.03. The third-order valence-electron chi connectivity index (χ3n) is 2.03. The third kappa shape index (κ3) is 3.71. The molecule has 84 valence electrons. The number of hydrogen-bond acceptors (Lipinski definition) is 5. The monoisotopic (exact) mass is 210 g/mol. The van der Waals surface area contributed by atoms with Gasteiger partial charge in [-0.3, -0.25) is 0 Å². The number of rotatable bonds is 5. The molecule has 1 aromatic rings. The first-order valence-corrected chi connectivity index (χ1v) is 5.05. The van der Waals surface area contributed by atoms with Gasteiger partial charge in [-0.05, 0) is 12.5 Å². The van der Waals surface area contributed by atoms with Gasteiger partial charge in [0.25, 0.3) is 0 Å². The van der Waals surface area contributed by atoms with E-state index in [9.17, 15) is 5.11 Å². The summed E-state index contributed by atoms with van der Waals surface area (Å²) in [5.41, 5.74) is 0. The van der Waals surface area contributed by atoms with E-state index in [0.29, 0.717) is 12.5 Å². The lowest BCUT2D eigenvalue weighted by molar-refractivity contribution is 0.183. The Morgan fingerprint density at radius 2 is 2.27 bits per heavy atom. The van der Waals surface area contributed by atoms with Crippen LogP contribution in [0.15, 0.2) is 12.3 Å². The van der Waals surface area contributed by atoms with E-state index in [-0.39, 0.29) is 6.10 Å². The molecule has 15 heavy (non-hydrogen) atoms. The maximum Gasteiger partial charge on any atom is 0.226 e. The van der Waals surface area contributed by atoms with E-state index < -0.39 is 0 Å². The molecule has 0 amide bonds. The van der Waals surface area contributed by atoms with Crippen LogP contribution in [0.5, 0.6) is 0 Å². The molecule has 1 rings (SSSR count). The Kier molecular flexibility index (Phi) is 4.30. The van der Waals surface area contributed by atoms with Crippen LogP contribution in [-0.4, -0.2) is 41.8 Å². The van der Waals surface area contributed by atoms with Crippen molar-refractivity contribution in [1.82, 2.24) is 9.97 Å². The molecule has 0 aliphatic carbocycles. The highest BCUT2D eigenvalue weighted by molar-refractivity contribution is 5.40. The maximum atomic E-state index is 9.38. The second-order valence-corrected chi connectivity index (χ2v) is 3.58. The molecule has 2 N–H and O–H groups in total. The van der Waals surface area contributed by atoms with E-state index in [0.717, 1.165) is 12.2 Å². The summed E-state index contributed by atoms with van der Waals surface area (Å²) in [5.74, 6) is 1.40. The van der Waals surface area contributed by atoms with Crippen molar-refractivity contribution < 1.29 is 5.11 Å². The minimum Gasteiger partial charge on any atom is -0.391 e. The van der Waals surface area contributed by atoms with Crippen molar-refractivity contribution in [2.24, 2.45) is 0 Å². The lowest BCUT2D eigenvalue weighted by atomic mass is 10.3. The molecule has 0 saturated heterocycles. The van der Waals surface area contributed by atoms with Crippen LogP contribution < -0.4 is 10.2 Å². The van der Waals surface area contributed by atoms with E-state index >= 15 is 0 Å². The van der Waals surface area contributed by atoms with Gasteiger partial charge in [-0.15, -0.1) is 0 Å². The largest absolute Gasteiger partial charge is 0.391 e. The van der Waals surface area contributed by atoms with E-state index in [1.807, 2.05) is 25.9 Å². The highest BCUT2D eigenvalue weighted by Crippen LogP contribution is 2.07. The molecule has 0 aliphatic heterocycles. The van der Waals surface area contributed by atoms with Gasteiger partial charge >= 0.3 is 0 Å². The topological polar surface area (TPSA) is 61.3 Å². The highest BCUT2D eigenvalue weighted by atomic mass is 16.3. The number of nitrogens with one attached hydrogen (secondary N) is 1. The zero-order chi connectivity index (χ0) is 11.3. The Balaban J connectivity index is 2.58. The van der Waals surface area contributed by atoms with Crippen LogP contribution >= 0.6 is 0 Å². The Morgan fingerprint density at radius 3 is 2.87 bits per heavy atom. The van der Waals surface area contributed by atoms with Crippen molar-refractivity contribution in [3.8, 4) is 0 Å². The number of nitrogens with zero attached hydrogens (tertiary/aromatic N) is 3. The summed E-state index contributed by atoms with van der Waals surface area (Å²) in [7, 11) is 3.78. The number of aromatic nitrogens is 2. The number of aliphatic hydroxyl groups is 1. The molecule has 1 unspecified atom stereocenters. The van der Waals surface area contributed by atoms with E-state index in [1.165, 1.54) is 0 Å². The van der Waals surface area contributed by atoms with Gasteiger partial charge in [-0.2, -0.15) is 4.98 Å². The molecule has 1 atom stereocenters. The van der Waals surface area contributed by atoms with Crippen LogP contribution in [0.2, 0.25) is 0 Å². The Morgan fingerprint density at radius 1 is 1.53 bits per heavy atom. The molecule has 5 heteroatoms. The van der Waals surface area contributed by atoms with Gasteiger partial charge in [-0.25, -0.2) is 4.98 Å². The molecule has 0 aromatic carbocycles. The van der Waals surface area contributed by atoms with Crippen LogP contribution in [0, 0.1) is 0 Å². The zero-order valence-electron chi connectivity index (χ0n) is 9.44. The molecule has 0 aliphatic rings. The summed E-state index contributed by atoms with van der Waals surface area (Å²) in [6, 6.07) is 1.79. The van der Waals surface area contributed by atoms with Crippen LogP contribution in [0.3, 0.4) is 0 Å². The van der Waals surface area contributed by atoms with Gasteiger partial charge in [0.15, 0.2) is 0 Å². The van der Waals surface area contributed by atoms with Gasteiger partial charge in [-0.1, -0.05) is 6.92 Å². The summed E-state index contributed by atoms with van der Waals surface area (Å²) < 4.78 is 0. The Hall–Kier alpha value is -1.36.